The van der Waals surface area contributed by atoms with E-state index in [0.717, 1.165) is 0 Å². The molecule has 0 spiro atoms. The number of hydrogen-bond acceptors (Lipinski definition) is 10. The van der Waals surface area contributed by atoms with Gasteiger partial charge in [-0.15, -0.1) is 0 Å². The molecule has 0 amide bonds. The predicted molar refractivity (Wildman–Crippen MR) is 86.6 cm³/mol. The van der Waals surface area contributed by atoms with E-state index in [4.69, 9.17) is 18.9 Å². The van der Waals surface area contributed by atoms with Gasteiger partial charge < -0.3 is 44.5 Å². The Hall–Kier alpha value is -1.27. The fourth-order valence-electron chi connectivity index (χ4n) is 4.10. The minimum Gasteiger partial charge on any atom is -0.472 e. The third-order valence-electron chi connectivity index (χ3n) is 5.75. The van der Waals surface area contributed by atoms with E-state index in [1.807, 2.05) is 0 Å². The first-order valence-corrected chi connectivity index (χ1v) is 8.88. The van der Waals surface area contributed by atoms with Gasteiger partial charge in [0.05, 0.1) is 31.7 Å². The second kappa shape index (κ2) is 8.00. The fourth-order valence-corrected chi connectivity index (χ4v) is 4.10. The highest BCUT2D eigenvalue weighted by Crippen LogP contribution is 2.47. The second-order valence-corrected chi connectivity index (χ2v) is 7.25. The van der Waals surface area contributed by atoms with E-state index in [1.54, 1.807) is 6.92 Å². The number of aliphatic hydroxyl groups excluding tert-OH is 5. The monoisotopic (exact) mass is 390 g/mol. The van der Waals surface area contributed by atoms with Gasteiger partial charge in [-0.3, -0.25) is 0 Å². The molecule has 1 saturated carbocycles. The van der Waals surface area contributed by atoms with E-state index >= 15 is 0 Å². The zero-order valence-electron chi connectivity index (χ0n) is 15.0. The lowest BCUT2D eigenvalue weighted by Gasteiger charge is -2.43. The van der Waals surface area contributed by atoms with Crippen molar-refractivity contribution in [2.45, 2.75) is 56.4 Å². The number of rotatable bonds is 4. The minimum absolute atomic E-state index is 0.279. The molecule has 0 radical (unpaired) electrons. The molecule has 3 rings (SSSR count). The molecule has 5 N–H and O–H groups in total. The van der Waals surface area contributed by atoms with E-state index in [2.05, 4.69) is 0 Å². The van der Waals surface area contributed by atoms with Crippen LogP contribution in [0.1, 0.15) is 13.3 Å². The summed E-state index contributed by atoms with van der Waals surface area (Å²) in [5.41, 5.74) is 0.291. The van der Waals surface area contributed by atoms with Crippen molar-refractivity contribution in [3.8, 4) is 0 Å². The van der Waals surface area contributed by atoms with Crippen LogP contribution in [0, 0.1) is 17.8 Å². The Labute approximate surface area is 155 Å². The first-order valence-electron chi connectivity index (χ1n) is 8.88. The highest BCUT2D eigenvalue weighted by atomic mass is 16.8. The van der Waals surface area contributed by atoms with Crippen LogP contribution in [-0.4, -0.2) is 88.3 Å². The summed E-state index contributed by atoms with van der Waals surface area (Å²) < 4.78 is 21.4. The summed E-state index contributed by atoms with van der Waals surface area (Å²) in [5.74, 6) is -1.63. The van der Waals surface area contributed by atoms with E-state index < -0.39 is 61.6 Å². The molecule has 0 aromatic carbocycles. The highest BCUT2D eigenvalue weighted by Gasteiger charge is 2.53. The largest absolute Gasteiger partial charge is 0.472 e. The zero-order chi connectivity index (χ0) is 19.9. The van der Waals surface area contributed by atoms with Crippen molar-refractivity contribution in [3.05, 3.63) is 11.8 Å². The summed E-state index contributed by atoms with van der Waals surface area (Å²) in [6.07, 6.45) is -7.25. The van der Waals surface area contributed by atoms with Crippen molar-refractivity contribution in [1.82, 2.24) is 0 Å². The van der Waals surface area contributed by atoms with Gasteiger partial charge in [-0.05, 0) is 12.3 Å². The van der Waals surface area contributed by atoms with Crippen LogP contribution in [0.15, 0.2) is 11.8 Å². The Kier molecular flexibility index (Phi) is 6.06. The average molecular weight is 390 g/mol. The maximum absolute atomic E-state index is 12.0. The predicted octanol–water partition coefficient (Wildman–Crippen LogP) is -2.15. The number of fused-ring (bicyclic) bond motifs is 1. The number of esters is 1. The number of carbonyl (C=O) groups is 1. The Morgan fingerprint density at radius 3 is 2.52 bits per heavy atom. The topological polar surface area (TPSA) is 155 Å². The molecule has 10 nitrogen and oxygen atoms in total. The molecule has 0 aromatic heterocycles. The zero-order valence-corrected chi connectivity index (χ0v) is 15.0. The molecular weight excluding hydrogens is 364 g/mol. The molecule has 154 valence electrons. The molecule has 2 aliphatic heterocycles. The molecule has 27 heavy (non-hydrogen) atoms. The van der Waals surface area contributed by atoms with E-state index in [9.17, 15) is 30.3 Å². The molecule has 2 fully saturated rings. The summed E-state index contributed by atoms with van der Waals surface area (Å²) in [6, 6.07) is 0. The number of carbonyl (C=O) groups excluding carboxylic acids is 1. The van der Waals surface area contributed by atoms with Gasteiger partial charge in [0.1, 0.15) is 24.4 Å². The van der Waals surface area contributed by atoms with Crippen molar-refractivity contribution < 1.29 is 49.3 Å². The molecule has 10 heteroatoms. The minimum atomic E-state index is -1.58. The van der Waals surface area contributed by atoms with Crippen LogP contribution in [0.2, 0.25) is 0 Å². The first kappa shape index (κ1) is 20.5. The van der Waals surface area contributed by atoms with Gasteiger partial charge >= 0.3 is 5.97 Å². The van der Waals surface area contributed by atoms with E-state index in [0.29, 0.717) is 12.0 Å². The van der Waals surface area contributed by atoms with Crippen LogP contribution in [0.4, 0.5) is 0 Å². The Bertz CT molecular complexity index is 578. The van der Waals surface area contributed by atoms with Crippen LogP contribution in [-0.2, 0) is 23.7 Å². The molecule has 1 aliphatic carbocycles. The summed E-state index contributed by atoms with van der Waals surface area (Å²) in [6.45, 7) is 1.21. The summed E-state index contributed by atoms with van der Waals surface area (Å²) >= 11 is 0. The molecular formula is C17H26O10. The molecule has 10 atom stereocenters. The lowest BCUT2D eigenvalue weighted by Crippen LogP contribution is -2.60. The normalized spacial score (nSPS) is 47.0. The third kappa shape index (κ3) is 3.58. The van der Waals surface area contributed by atoms with Gasteiger partial charge in [0.15, 0.2) is 6.29 Å². The number of ether oxygens (including phenoxy) is 4. The van der Waals surface area contributed by atoms with Crippen molar-refractivity contribution in [2.75, 3.05) is 13.7 Å². The quantitative estimate of drug-likeness (QED) is 0.336. The van der Waals surface area contributed by atoms with Crippen LogP contribution >= 0.6 is 0 Å². The van der Waals surface area contributed by atoms with Gasteiger partial charge in [-0.25, -0.2) is 4.79 Å². The second-order valence-electron chi connectivity index (χ2n) is 7.25. The standard InChI is InChI=1S/C17H26O10/c1-6-9(19)3-7-8(15(23)24-2)5-25-16(11(6)7)27-17-14(22)13(21)12(20)10(4-18)26-17/h5-7,9-14,16-22H,3-4H2,1-2H3/t6-,7+,9-,10+,11+,12+,13-,14+,16-,17+/m0/s1. The summed E-state index contributed by atoms with van der Waals surface area (Å²) in [5, 5.41) is 49.4. The number of hydrogen-bond donors (Lipinski definition) is 5. The maximum Gasteiger partial charge on any atom is 0.337 e. The van der Waals surface area contributed by atoms with Crippen molar-refractivity contribution in [1.29, 1.82) is 0 Å². The molecule has 3 aliphatic rings. The molecule has 0 aromatic rings. The third-order valence-corrected chi connectivity index (χ3v) is 5.75. The Morgan fingerprint density at radius 2 is 1.89 bits per heavy atom. The van der Waals surface area contributed by atoms with Gasteiger partial charge in [0, 0.05) is 11.8 Å². The van der Waals surface area contributed by atoms with E-state index in [-0.39, 0.29) is 11.8 Å². The lowest BCUT2D eigenvalue weighted by molar-refractivity contribution is -0.342. The molecule has 0 unspecified atom stereocenters. The first-order chi connectivity index (χ1) is 12.8. The van der Waals surface area contributed by atoms with Crippen molar-refractivity contribution >= 4 is 5.97 Å². The van der Waals surface area contributed by atoms with Crippen LogP contribution < -0.4 is 0 Å². The maximum atomic E-state index is 12.0. The van der Waals surface area contributed by atoms with Crippen LogP contribution in [0.25, 0.3) is 0 Å². The summed E-state index contributed by atoms with van der Waals surface area (Å²) in [7, 11) is 1.25. The number of methoxy groups -OCH3 is 1. The Balaban J connectivity index is 1.80. The smallest absolute Gasteiger partial charge is 0.337 e. The van der Waals surface area contributed by atoms with Gasteiger partial charge in [0.25, 0.3) is 0 Å². The fraction of sp³-hybridized carbons (Fsp3) is 0.824. The molecule has 1 saturated heterocycles. The summed E-state index contributed by atoms with van der Waals surface area (Å²) in [4.78, 5) is 12.0. The van der Waals surface area contributed by atoms with Crippen LogP contribution in [0.3, 0.4) is 0 Å². The van der Waals surface area contributed by atoms with Gasteiger partial charge in [0.2, 0.25) is 6.29 Å². The van der Waals surface area contributed by atoms with Crippen LogP contribution in [0.5, 0.6) is 0 Å². The highest BCUT2D eigenvalue weighted by molar-refractivity contribution is 5.89. The van der Waals surface area contributed by atoms with Gasteiger partial charge in [-0.1, -0.05) is 6.92 Å². The lowest BCUT2D eigenvalue weighted by atomic mass is 9.83. The molecule has 2 heterocycles. The molecule has 0 bridgehead atoms. The van der Waals surface area contributed by atoms with Crippen molar-refractivity contribution in [3.63, 3.8) is 0 Å². The number of aliphatic hydroxyl groups is 5. The van der Waals surface area contributed by atoms with Gasteiger partial charge in [-0.2, -0.15) is 0 Å². The van der Waals surface area contributed by atoms with Crippen molar-refractivity contribution in [2.24, 2.45) is 17.8 Å². The Morgan fingerprint density at radius 1 is 1.19 bits per heavy atom. The van der Waals surface area contributed by atoms with E-state index in [1.165, 1.54) is 13.4 Å². The SMILES string of the molecule is COC(=O)C1=CO[C@@H](O[C@H]2O[C@H](CO)[C@@H](O)[C@H](O)[C@H]2O)[C@@H]2[C@@H](C)[C@@H](O)C[C@H]12. The average Bonchev–Trinajstić information content (AvgIpc) is 2.96.